The molecule has 10 aliphatic rings. The van der Waals surface area contributed by atoms with E-state index in [2.05, 4.69) is 138 Å². The zero-order chi connectivity index (χ0) is 94.3. The van der Waals surface area contributed by atoms with Gasteiger partial charge in [0.1, 0.15) is 34.9 Å². The van der Waals surface area contributed by atoms with Gasteiger partial charge in [0.05, 0.1) is 72.6 Å². The third-order valence-electron chi connectivity index (χ3n) is 28.5. The molecule has 17 aromatic rings. The van der Waals surface area contributed by atoms with Gasteiger partial charge in [0, 0.05) is 277 Å². The molecule has 1 saturated carbocycles. The largest absolute Gasteiger partial charge is 0.396 e. The van der Waals surface area contributed by atoms with Gasteiger partial charge in [-0.1, -0.05) is 24.3 Å². The highest BCUT2D eigenvalue weighted by molar-refractivity contribution is 8.00. The molecule has 5 aliphatic heterocycles. The van der Waals surface area contributed by atoms with E-state index in [1.54, 1.807) is 73.2 Å². The number of aliphatic hydroxyl groups excluding tert-OH is 1. The Bertz CT molecular complexity index is 7720. The summed E-state index contributed by atoms with van der Waals surface area (Å²) in [5, 5.41) is 29.0. The molecule has 700 valence electrons. The molecule has 140 heavy (non-hydrogen) atoms. The molecule has 5 atom stereocenters. The van der Waals surface area contributed by atoms with Crippen molar-refractivity contribution in [2.45, 2.75) is 97.1 Å². The molecular weight excluding hydrogens is 1840 g/mol. The number of aromatic nitrogens is 18. The highest BCUT2D eigenvalue weighted by Gasteiger charge is 2.55. The number of halogens is 2. The normalized spacial score (nSPS) is 18.4. The average Bonchev–Trinajstić information content (AvgIpc) is 1.57. The molecule has 5 unspecified atom stereocenters. The summed E-state index contributed by atoms with van der Waals surface area (Å²) in [6.45, 7) is 9.49. The minimum absolute atomic E-state index is 0.210. The van der Waals surface area contributed by atoms with Crippen LogP contribution >= 0.6 is 47.0 Å². The third kappa shape index (κ3) is 17.1. The van der Waals surface area contributed by atoms with E-state index in [0.29, 0.717) is 57.9 Å². The topological polar surface area (TPSA) is 351 Å². The SMILES string of the molecule is CNc1cc(F)cc2c1Cc1nc(Sc3cnc4cccnc4c3)nc(N3CC4C(N)C4C3)c1-2.CNc1cc(F)cc2c1Cc1nc(Sc3cnc4cccnc4c3)nc(N3CC4CNCC4C3)c1-2.CNc1cccc2c1Cc1nc(Sc3cnc4cccnc4c3)nc(N3CCC(CO)C3)c1-2.CNc1cccc2c1Cc1nc(Sc3cnc4cccnc4c3)nc(N3CCC(c4cnccn4)CC3)c1-2. The van der Waals surface area contributed by atoms with Crippen LogP contribution in [0.5, 0.6) is 0 Å². The summed E-state index contributed by atoms with van der Waals surface area (Å²) in [7, 11) is 7.59. The highest BCUT2D eigenvalue weighted by atomic mass is 32.2. The van der Waals surface area contributed by atoms with E-state index < -0.39 is 0 Å². The first-order valence-corrected chi connectivity index (χ1v) is 50.6. The molecule has 0 bridgehead atoms. The predicted molar refractivity (Wildman–Crippen MR) is 547 cm³/mol. The number of anilines is 8. The molecule has 13 aromatic heterocycles. The van der Waals surface area contributed by atoms with Gasteiger partial charge in [0.2, 0.25) is 0 Å². The predicted octanol–water partition coefficient (Wildman–Crippen LogP) is 17.1. The van der Waals surface area contributed by atoms with Gasteiger partial charge < -0.3 is 57.0 Å². The standard InChI is InChI=1S/C29H26N8S.C26H24FN7S.C25H22FN7S.C25H24N6OS/c1-30-22-5-2-4-20-21(22)15-25-27(20)28(37-12-7-18(8-13-37)26-17-31-10-11-33-26)36-29(35-25)38-19-14-24-23(34-16-19)6-3-9-32-24;1-28-21-6-16(27)5-19-18(21)8-23-24(19)25(34-12-14-9-29-10-15(14)13-34)33-26(32-23)35-17-7-22-20(31-11-17)3-2-4-30-22;1-28-19-6-12(26)5-15-14(19)8-21-22(15)24(33-10-16-17(11-33)23(16)27)32-25(31-21)34-13-7-20-18(30-9-13)3-2-4-29-20;1-26-19-5-2-4-17-18(19)11-22-23(17)24(31-9-7-15(13-31)14-32)30-25(29-22)33-16-10-21-20(28-12-16)6-3-8-27-21/h2-6,9-11,14,16-18,30H,7-8,12-13,15H2,1H3;2-7,11,14-15,28-29H,8-10,12-13H2,1H3;2-7,9,16-17,23,28H,8,10-11,27H2,1H3;2-6,8,10,12,15,26,32H,7,9,11,13-14H2,1H3. The van der Waals surface area contributed by atoms with Gasteiger partial charge in [-0.05, 0) is 244 Å². The fraction of sp³-hybridized carbons (Fsp3) is 0.276. The number of hydrogen-bond donors (Lipinski definition) is 7. The molecule has 8 N–H and O–H groups in total. The van der Waals surface area contributed by atoms with Crippen molar-refractivity contribution in [3.8, 4) is 44.5 Å². The zero-order valence-corrected chi connectivity index (χ0v) is 80.3. The molecule has 5 saturated heterocycles. The Balaban J connectivity index is 0.000000101. The second-order valence-corrected chi connectivity index (χ2v) is 40.9. The molecule has 4 aromatic carbocycles. The minimum atomic E-state index is -0.263. The van der Waals surface area contributed by atoms with Crippen LogP contribution in [0.3, 0.4) is 0 Å². The molecule has 5 aliphatic carbocycles. The first-order chi connectivity index (χ1) is 68.7. The number of nitrogens with one attached hydrogen (secondary N) is 5. The number of nitrogens with zero attached hydrogens (tertiary/aromatic N) is 22. The fourth-order valence-corrected chi connectivity index (χ4v) is 24.6. The van der Waals surface area contributed by atoms with Crippen LogP contribution in [-0.2, 0) is 25.7 Å². The van der Waals surface area contributed by atoms with Gasteiger partial charge >= 0.3 is 0 Å². The van der Waals surface area contributed by atoms with Crippen molar-refractivity contribution in [2.24, 2.45) is 35.3 Å². The summed E-state index contributed by atoms with van der Waals surface area (Å²) >= 11 is 6.05. The summed E-state index contributed by atoms with van der Waals surface area (Å²) in [4.78, 5) is 98.3. The molecular formula is C105H96F2N28OS4. The van der Waals surface area contributed by atoms with Crippen molar-refractivity contribution in [3.63, 3.8) is 0 Å². The van der Waals surface area contributed by atoms with E-state index in [1.807, 2.05) is 126 Å². The maximum atomic E-state index is 14.6. The Hall–Kier alpha value is -13.9. The minimum Gasteiger partial charge on any atom is -0.396 e. The molecule has 0 amide bonds. The van der Waals surface area contributed by atoms with Crippen LogP contribution in [0.15, 0.2) is 242 Å². The van der Waals surface area contributed by atoms with Gasteiger partial charge in [0.25, 0.3) is 0 Å². The van der Waals surface area contributed by atoms with Crippen LogP contribution < -0.4 is 51.9 Å². The lowest BCUT2D eigenvalue weighted by Crippen LogP contribution is -2.34. The monoisotopic (exact) mass is 1930 g/mol. The maximum absolute atomic E-state index is 14.6. The summed E-state index contributed by atoms with van der Waals surface area (Å²) in [5.74, 6) is 6.25. The number of hydrogen-bond acceptors (Lipinski definition) is 33. The summed E-state index contributed by atoms with van der Waals surface area (Å²) in [6, 6.07) is 43.0. The van der Waals surface area contributed by atoms with E-state index in [-0.39, 0.29) is 30.2 Å². The van der Waals surface area contributed by atoms with E-state index >= 15 is 0 Å². The number of benzene rings is 4. The van der Waals surface area contributed by atoms with Crippen LogP contribution in [0.1, 0.15) is 75.9 Å². The maximum Gasteiger partial charge on any atom is 0.194 e. The number of fused-ring (bicyclic) bond motifs is 18. The second-order valence-electron chi connectivity index (χ2n) is 36.8. The Morgan fingerprint density at radius 3 is 1.14 bits per heavy atom. The van der Waals surface area contributed by atoms with Crippen LogP contribution in [0, 0.1) is 41.2 Å². The van der Waals surface area contributed by atoms with Crippen molar-refractivity contribution in [1.29, 1.82) is 0 Å². The van der Waals surface area contributed by atoms with Crippen molar-refractivity contribution < 1.29 is 13.9 Å². The fourth-order valence-electron chi connectivity index (χ4n) is 21.5. The Labute approximate surface area is 822 Å². The van der Waals surface area contributed by atoms with E-state index in [0.717, 1.165) is 285 Å². The number of piperidine rings is 2. The van der Waals surface area contributed by atoms with Crippen LogP contribution in [0.25, 0.3) is 88.6 Å². The number of pyridine rings is 8. The van der Waals surface area contributed by atoms with Crippen LogP contribution in [-0.4, -0.2) is 201 Å². The van der Waals surface area contributed by atoms with Crippen LogP contribution in [0.2, 0.25) is 0 Å². The molecule has 27 rings (SSSR count). The second kappa shape index (κ2) is 37.7. The van der Waals surface area contributed by atoms with Crippen molar-refractivity contribution in [3.05, 3.63) is 264 Å². The molecule has 29 nitrogen and oxygen atoms in total. The lowest BCUT2D eigenvalue weighted by molar-refractivity contribution is 0.238. The average molecular weight is 1930 g/mol. The number of aliphatic hydroxyl groups is 1. The molecule has 0 radical (unpaired) electrons. The lowest BCUT2D eigenvalue weighted by atomic mass is 9.93. The van der Waals surface area contributed by atoms with Gasteiger partial charge in [-0.3, -0.25) is 49.8 Å². The quantitative estimate of drug-likeness (QED) is 0.0392. The summed E-state index contributed by atoms with van der Waals surface area (Å²) in [6.07, 6.45) is 25.8. The van der Waals surface area contributed by atoms with Crippen molar-refractivity contribution >= 4 is 137 Å². The molecule has 6 fully saturated rings. The van der Waals surface area contributed by atoms with Gasteiger partial charge in [-0.25, -0.2) is 48.7 Å². The smallest absolute Gasteiger partial charge is 0.194 e. The molecule has 18 heterocycles. The molecule has 0 spiro atoms. The van der Waals surface area contributed by atoms with Crippen molar-refractivity contribution in [1.82, 2.24) is 95.0 Å². The summed E-state index contributed by atoms with van der Waals surface area (Å²) < 4.78 is 29.1. The number of rotatable bonds is 18. The van der Waals surface area contributed by atoms with E-state index in [1.165, 1.54) is 57.5 Å². The molecule has 35 heteroatoms. The van der Waals surface area contributed by atoms with E-state index in [4.69, 9.17) is 45.6 Å². The van der Waals surface area contributed by atoms with Crippen molar-refractivity contribution in [2.75, 3.05) is 141 Å². The van der Waals surface area contributed by atoms with Gasteiger partial charge in [0.15, 0.2) is 20.6 Å². The number of nitrogens with two attached hydrogens (primary N) is 1. The van der Waals surface area contributed by atoms with Crippen LogP contribution in [0.4, 0.5) is 54.8 Å². The van der Waals surface area contributed by atoms with E-state index in [9.17, 15) is 13.9 Å². The zero-order valence-electron chi connectivity index (χ0n) is 77.1. The lowest BCUT2D eigenvalue weighted by Gasteiger charge is -2.33. The summed E-state index contributed by atoms with van der Waals surface area (Å²) in [5.41, 5.74) is 35.2. The Morgan fingerprint density at radius 1 is 0.371 bits per heavy atom. The Morgan fingerprint density at radius 2 is 0.750 bits per heavy atom. The van der Waals surface area contributed by atoms with Gasteiger partial charge in [-0.2, -0.15) is 0 Å². The highest BCUT2D eigenvalue weighted by Crippen LogP contribution is 2.54. The van der Waals surface area contributed by atoms with Gasteiger partial charge in [-0.15, -0.1) is 0 Å². The Kier molecular flexibility index (Phi) is 23.9. The third-order valence-corrected chi connectivity index (χ3v) is 31.8. The first kappa shape index (κ1) is 88.7. The first-order valence-electron chi connectivity index (χ1n) is 47.4.